The third-order valence-electron chi connectivity index (χ3n) is 1.20. The zero-order valence-electron chi connectivity index (χ0n) is 7.79. The highest BCUT2D eigenvalue weighted by Gasteiger charge is 2.16. The zero-order valence-corrected chi connectivity index (χ0v) is 7.79. The van der Waals surface area contributed by atoms with E-state index in [1.54, 1.807) is 13.8 Å². The van der Waals surface area contributed by atoms with Crippen LogP contribution in [0.5, 0.6) is 0 Å². The molecule has 0 aromatic carbocycles. The van der Waals surface area contributed by atoms with Crippen molar-refractivity contribution in [1.82, 2.24) is 0 Å². The van der Waals surface area contributed by atoms with E-state index in [2.05, 4.69) is 4.74 Å². The maximum Gasteiger partial charge on any atom is 0.345 e. The van der Waals surface area contributed by atoms with E-state index >= 15 is 0 Å². The van der Waals surface area contributed by atoms with Crippen LogP contribution >= 0.6 is 0 Å². The Bertz CT molecular complexity index is 203. The van der Waals surface area contributed by atoms with Crippen LogP contribution in [0.3, 0.4) is 0 Å². The summed E-state index contributed by atoms with van der Waals surface area (Å²) in [6.45, 7) is 3.95. The number of esters is 1. The van der Waals surface area contributed by atoms with Crippen molar-refractivity contribution in [3.05, 3.63) is 11.8 Å². The summed E-state index contributed by atoms with van der Waals surface area (Å²) in [4.78, 5) is 11.1. The summed E-state index contributed by atoms with van der Waals surface area (Å²) in [6.07, 6.45) is 1.01. The van der Waals surface area contributed by atoms with Gasteiger partial charge >= 0.3 is 5.97 Å². The Hall–Kier alpha value is -1.52. The maximum atomic E-state index is 11.1. The minimum absolute atomic E-state index is 0.0521. The molecule has 0 heterocycles. The van der Waals surface area contributed by atoms with Crippen LogP contribution in [0.15, 0.2) is 11.8 Å². The first kappa shape index (κ1) is 11.5. The molecule has 0 saturated heterocycles. The summed E-state index contributed by atoms with van der Waals surface area (Å²) in [5.41, 5.74) is 5.10. The van der Waals surface area contributed by atoms with Crippen LogP contribution in [0.2, 0.25) is 0 Å². The number of nitrogens with one attached hydrogen (secondary N) is 1. The van der Waals surface area contributed by atoms with Gasteiger partial charge in [-0.25, -0.2) is 4.79 Å². The summed E-state index contributed by atoms with van der Waals surface area (Å²) in [7, 11) is 0. The minimum Gasteiger partial charge on any atom is -0.478 e. The summed E-state index contributed by atoms with van der Waals surface area (Å²) in [6, 6.07) is 0. The Morgan fingerprint density at radius 1 is 1.38 bits per heavy atom. The lowest BCUT2D eigenvalue weighted by atomic mass is 10.3. The Labute approximate surface area is 77.0 Å². The average molecular weight is 186 g/mol. The molecule has 5 nitrogen and oxygen atoms in total. The molecule has 0 radical (unpaired) electrons. The normalized spacial score (nSPS) is 10.8. The molecule has 0 bridgehead atoms. The minimum atomic E-state index is -0.636. The smallest absolute Gasteiger partial charge is 0.345 e. The standard InChI is InChI=1S/C8H14N2O3/c1-3-12-7(10)6(5-9)8(11)13-4-2/h5,10H,3-4,9H2,1-2H3/b6-5+,10-7?. The fourth-order valence-corrected chi connectivity index (χ4v) is 0.667. The van der Waals surface area contributed by atoms with Crippen molar-refractivity contribution in [2.45, 2.75) is 13.8 Å². The molecule has 0 rings (SSSR count). The molecule has 3 N–H and O–H groups in total. The van der Waals surface area contributed by atoms with Crippen LogP contribution in [-0.4, -0.2) is 25.1 Å². The lowest BCUT2D eigenvalue weighted by molar-refractivity contribution is -0.138. The van der Waals surface area contributed by atoms with E-state index in [0.29, 0.717) is 6.61 Å². The third-order valence-corrected chi connectivity index (χ3v) is 1.20. The number of hydrogen-bond acceptors (Lipinski definition) is 5. The van der Waals surface area contributed by atoms with Crippen molar-refractivity contribution >= 4 is 11.9 Å². The molecule has 0 aromatic heterocycles. The zero-order chi connectivity index (χ0) is 10.3. The third kappa shape index (κ3) is 3.59. The molecule has 0 aromatic rings. The largest absolute Gasteiger partial charge is 0.478 e. The van der Waals surface area contributed by atoms with E-state index in [1.807, 2.05) is 0 Å². The second-order valence-electron chi connectivity index (χ2n) is 2.06. The number of ether oxygens (including phenoxy) is 2. The number of hydrogen-bond donors (Lipinski definition) is 2. The van der Waals surface area contributed by atoms with Gasteiger partial charge in [-0.3, -0.25) is 5.41 Å². The van der Waals surface area contributed by atoms with Crippen LogP contribution in [0.25, 0.3) is 0 Å². The fraction of sp³-hybridized carbons (Fsp3) is 0.500. The molecule has 13 heavy (non-hydrogen) atoms. The highest BCUT2D eigenvalue weighted by Crippen LogP contribution is 2.00. The molecule has 0 unspecified atom stereocenters. The lowest BCUT2D eigenvalue weighted by Gasteiger charge is -2.07. The van der Waals surface area contributed by atoms with Gasteiger partial charge in [0, 0.05) is 6.20 Å². The predicted octanol–water partition coefficient (Wildman–Crippen LogP) is 0.406. The van der Waals surface area contributed by atoms with Gasteiger partial charge in [0.05, 0.1) is 13.2 Å². The molecular formula is C8H14N2O3. The van der Waals surface area contributed by atoms with Crippen LogP contribution in [0.1, 0.15) is 13.8 Å². The Morgan fingerprint density at radius 2 is 1.92 bits per heavy atom. The van der Waals surface area contributed by atoms with Crippen molar-refractivity contribution < 1.29 is 14.3 Å². The van der Waals surface area contributed by atoms with E-state index in [9.17, 15) is 4.79 Å². The van der Waals surface area contributed by atoms with Crippen LogP contribution < -0.4 is 5.73 Å². The Kier molecular flexibility index (Phi) is 5.34. The lowest BCUT2D eigenvalue weighted by Crippen LogP contribution is -2.19. The van der Waals surface area contributed by atoms with Gasteiger partial charge in [-0.15, -0.1) is 0 Å². The molecule has 0 spiro atoms. The van der Waals surface area contributed by atoms with Gasteiger partial charge in [-0.05, 0) is 13.8 Å². The van der Waals surface area contributed by atoms with E-state index < -0.39 is 5.97 Å². The second-order valence-corrected chi connectivity index (χ2v) is 2.06. The number of nitrogens with two attached hydrogens (primary N) is 1. The fourth-order valence-electron chi connectivity index (χ4n) is 0.667. The molecule has 0 aliphatic rings. The summed E-state index contributed by atoms with van der Waals surface area (Å²) in [5.74, 6) is -0.896. The molecule has 0 atom stereocenters. The summed E-state index contributed by atoms with van der Waals surface area (Å²) in [5, 5.41) is 7.28. The van der Waals surface area contributed by atoms with Crippen molar-refractivity contribution in [3.63, 3.8) is 0 Å². The second kappa shape index (κ2) is 6.05. The SMILES string of the molecule is CCOC(=N)/C(=C\N)C(=O)OCC. The molecule has 0 saturated carbocycles. The number of carbonyl (C=O) groups is 1. The Morgan fingerprint density at radius 3 is 2.31 bits per heavy atom. The Balaban J connectivity index is 4.35. The molecular weight excluding hydrogens is 172 g/mol. The summed E-state index contributed by atoms with van der Waals surface area (Å²) < 4.78 is 9.45. The molecule has 0 amide bonds. The predicted molar refractivity (Wildman–Crippen MR) is 48.3 cm³/mol. The van der Waals surface area contributed by atoms with Crippen LogP contribution in [0, 0.1) is 5.41 Å². The van der Waals surface area contributed by atoms with Crippen molar-refractivity contribution in [1.29, 1.82) is 5.41 Å². The van der Waals surface area contributed by atoms with Gasteiger partial charge in [0.2, 0.25) is 5.90 Å². The topological polar surface area (TPSA) is 85.4 Å². The molecule has 0 aliphatic heterocycles. The van der Waals surface area contributed by atoms with Crippen LogP contribution in [0.4, 0.5) is 0 Å². The first-order valence-electron chi connectivity index (χ1n) is 3.98. The van der Waals surface area contributed by atoms with E-state index in [4.69, 9.17) is 15.9 Å². The number of carbonyl (C=O) groups excluding carboxylic acids is 1. The molecule has 74 valence electrons. The first-order chi connectivity index (χ1) is 6.17. The van der Waals surface area contributed by atoms with Gasteiger partial charge in [0.1, 0.15) is 5.57 Å². The van der Waals surface area contributed by atoms with Gasteiger partial charge in [-0.1, -0.05) is 0 Å². The van der Waals surface area contributed by atoms with Crippen LogP contribution in [-0.2, 0) is 14.3 Å². The van der Waals surface area contributed by atoms with Crippen molar-refractivity contribution in [3.8, 4) is 0 Å². The van der Waals surface area contributed by atoms with Gasteiger partial charge in [0.15, 0.2) is 0 Å². The highest BCUT2D eigenvalue weighted by molar-refractivity contribution is 6.15. The average Bonchev–Trinajstić information content (AvgIpc) is 2.06. The monoisotopic (exact) mass is 186 g/mol. The molecule has 5 heteroatoms. The van der Waals surface area contributed by atoms with Gasteiger partial charge < -0.3 is 15.2 Å². The maximum absolute atomic E-state index is 11.1. The van der Waals surface area contributed by atoms with Gasteiger partial charge in [-0.2, -0.15) is 0 Å². The van der Waals surface area contributed by atoms with Crippen molar-refractivity contribution in [2.75, 3.05) is 13.2 Å². The molecule has 0 fully saturated rings. The van der Waals surface area contributed by atoms with Crippen molar-refractivity contribution in [2.24, 2.45) is 5.73 Å². The van der Waals surface area contributed by atoms with E-state index in [1.165, 1.54) is 0 Å². The highest BCUT2D eigenvalue weighted by atomic mass is 16.5. The first-order valence-corrected chi connectivity index (χ1v) is 3.98. The van der Waals surface area contributed by atoms with E-state index in [-0.39, 0.29) is 18.1 Å². The summed E-state index contributed by atoms with van der Waals surface area (Å²) >= 11 is 0. The van der Waals surface area contributed by atoms with E-state index in [0.717, 1.165) is 6.20 Å². The quantitative estimate of drug-likeness (QED) is 0.288. The number of rotatable bonds is 4. The van der Waals surface area contributed by atoms with Gasteiger partial charge in [0.25, 0.3) is 0 Å². The molecule has 0 aliphatic carbocycles.